The van der Waals surface area contributed by atoms with Crippen molar-refractivity contribution in [3.8, 4) is 0 Å². The second kappa shape index (κ2) is 8.02. The van der Waals surface area contributed by atoms with Gasteiger partial charge in [-0.25, -0.2) is 0 Å². The Bertz CT molecular complexity index is 485. The summed E-state index contributed by atoms with van der Waals surface area (Å²) in [4.78, 5) is 13.8. The molecule has 1 aromatic rings. The molecule has 1 fully saturated rings. The zero-order valence-electron chi connectivity index (χ0n) is 12.4. The van der Waals surface area contributed by atoms with Crippen LogP contribution in [0.5, 0.6) is 0 Å². The molecule has 0 bridgehead atoms. The second-order valence-corrected chi connectivity index (χ2v) is 6.60. The standard InChI is InChI=1S/C16H22Cl2N2O/c1-12(20-9-5-3-2-4-6-10-20)16(21)19-15-8-7-13(17)11-14(15)18/h7-8,11-12H,2-6,9-10H2,1H3,(H,19,21)/p+1/t12-/m1/s1. The van der Waals surface area contributed by atoms with Crippen molar-refractivity contribution in [1.82, 2.24) is 0 Å². The zero-order chi connectivity index (χ0) is 15.2. The van der Waals surface area contributed by atoms with Crippen LogP contribution in [0, 0.1) is 0 Å². The van der Waals surface area contributed by atoms with Gasteiger partial charge in [-0.2, -0.15) is 0 Å². The van der Waals surface area contributed by atoms with Crippen molar-refractivity contribution in [2.24, 2.45) is 0 Å². The Hall–Kier alpha value is -0.770. The summed E-state index contributed by atoms with van der Waals surface area (Å²) < 4.78 is 0. The van der Waals surface area contributed by atoms with Gasteiger partial charge in [-0.3, -0.25) is 4.79 Å². The van der Waals surface area contributed by atoms with Crippen molar-refractivity contribution >= 4 is 34.8 Å². The van der Waals surface area contributed by atoms with Crippen LogP contribution in [-0.2, 0) is 4.79 Å². The van der Waals surface area contributed by atoms with Gasteiger partial charge in [0.05, 0.1) is 23.8 Å². The Morgan fingerprint density at radius 2 is 1.76 bits per heavy atom. The highest BCUT2D eigenvalue weighted by Crippen LogP contribution is 2.25. The molecule has 0 aliphatic carbocycles. The van der Waals surface area contributed by atoms with E-state index in [0.717, 1.165) is 13.1 Å². The number of carbonyl (C=O) groups excluding carboxylic acids is 1. The highest BCUT2D eigenvalue weighted by molar-refractivity contribution is 6.36. The third kappa shape index (κ3) is 4.87. The van der Waals surface area contributed by atoms with Crippen molar-refractivity contribution in [2.75, 3.05) is 18.4 Å². The van der Waals surface area contributed by atoms with Gasteiger partial charge in [-0.05, 0) is 50.8 Å². The molecular weight excluding hydrogens is 307 g/mol. The Morgan fingerprint density at radius 1 is 1.14 bits per heavy atom. The van der Waals surface area contributed by atoms with E-state index in [1.54, 1.807) is 18.2 Å². The maximum absolute atomic E-state index is 12.4. The summed E-state index contributed by atoms with van der Waals surface area (Å²) in [6.07, 6.45) is 6.29. The quantitative estimate of drug-likeness (QED) is 0.877. The van der Waals surface area contributed by atoms with E-state index >= 15 is 0 Å². The van der Waals surface area contributed by atoms with Gasteiger partial charge < -0.3 is 10.2 Å². The number of hydrogen-bond donors (Lipinski definition) is 2. The van der Waals surface area contributed by atoms with Crippen molar-refractivity contribution in [3.63, 3.8) is 0 Å². The first-order chi connectivity index (χ1) is 10.1. The maximum atomic E-state index is 12.4. The summed E-state index contributed by atoms with van der Waals surface area (Å²) in [7, 11) is 0. The summed E-state index contributed by atoms with van der Waals surface area (Å²) in [5.74, 6) is 0.0230. The fourth-order valence-corrected chi connectivity index (χ4v) is 3.27. The molecule has 2 rings (SSSR count). The molecule has 1 aliphatic rings. The second-order valence-electron chi connectivity index (χ2n) is 5.76. The van der Waals surface area contributed by atoms with Crippen LogP contribution < -0.4 is 10.2 Å². The first kappa shape index (κ1) is 16.6. The van der Waals surface area contributed by atoms with Gasteiger partial charge in [0.25, 0.3) is 5.91 Å². The van der Waals surface area contributed by atoms with Crippen molar-refractivity contribution < 1.29 is 9.69 Å². The molecule has 1 aliphatic heterocycles. The van der Waals surface area contributed by atoms with Gasteiger partial charge in [0.2, 0.25) is 0 Å². The minimum absolute atomic E-state index is 0.0230. The molecule has 0 aromatic heterocycles. The SMILES string of the molecule is C[C@H](C(=O)Nc1ccc(Cl)cc1Cl)[NH+]1CCCCCCC1. The first-order valence-corrected chi connectivity index (χ1v) is 8.44. The molecule has 5 heteroatoms. The summed E-state index contributed by atoms with van der Waals surface area (Å²) >= 11 is 12.0. The smallest absolute Gasteiger partial charge is 0.282 e. The summed E-state index contributed by atoms with van der Waals surface area (Å²) in [5.41, 5.74) is 0.629. The number of carbonyl (C=O) groups is 1. The van der Waals surface area contributed by atoms with Gasteiger partial charge in [-0.1, -0.05) is 29.6 Å². The van der Waals surface area contributed by atoms with Crippen LogP contribution in [0.3, 0.4) is 0 Å². The minimum Gasteiger partial charge on any atom is -0.325 e. The molecule has 1 aromatic carbocycles. The lowest BCUT2D eigenvalue weighted by molar-refractivity contribution is -0.914. The first-order valence-electron chi connectivity index (χ1n) is 7.68. The van der Waals surface area contributed by atoms with Crippen molar-refractivity contribution in [3.05, 3.63) is 28.2 Å². The molecule has 0 saturated carbocycles. The van der Waals surface area contributed by atoms with Gasteiger partial charge in [-0.15, -0.1) is 0 Å². The Morgan fingerprint density at radius 3 is 2.38 bits per heavy atom. The van der Waals surface area contributed by atoms with E-state index in [-0.39, 0.29) is 11.9 Å². The van der Waals surface area contributed by atoms with Crippen LogP contribution in [0.1, 0.15) is 39.0 Å². The third-order valence-corrected chi connectivity index (χ3v) is 4.74. The number of quaternary nitrogens is 1. The fraction of sp³-hybridized carbons (Fsp3) is 0.562. The van der Waals surface area contributed by atoms with Crippen LogP contribution in [0.15, 0.2) is 18.2 Å². The topological polar surface area (TPSA) is 33.5 Å². The summed E-state index contributed by atoms with van der Waals surface area (Å²) in [6, 6.07) is 5.07. The number of anilines is 1. The number of hydrogen-bond acceptors (Lipinski definition) is 1. The minimum atomic E-state index is -0.0603. The monoisotopic (exact) mass is 329 g/mol. The zero-order valence-corrected chi connectivity index (χ0v) is 13.9. The number of amides is 1. The fourth-order valence-electron chi connectivity index (χ4n) is 2.81. The highest BCUT2D eigenvalue weighted by Gasteiger charge is 2.25. The Balaban J connectivity index is 1.97. The molecule has 1 atom stereocenters. The largest absolute Gasteiger partial charge is 0.325 e. The van der Waals surface area contributed by atoms with Crippen LogP contribution in [0.2, 0.25) is 10.0 Å². The van der Waals surface area contributed by atoms with Gasteiger partial charge in [0, 0.05) is 5.02 Å². The lowest BCUT2D eigenvalue weighted by Crippen LogP contribution is -3.16. The molecule has 21 heavy (non-hydrogen) atoms. The van der Waals surface area contributed by atoms with Crippen LogP contribution in [0.4, 0.5) is 5.69 Å². The Kier molecular flexibility index (Phi) is 6.34. The molecule has 0 unspecified atom stereocenters. The molecule has 1 saturated heterocycles. The van der Waals surface area contributed by atoms with Crippen LogP contribution >= 0.6 is 23.2 Å². The molecule has 1 amide bonds. The predicted octanol–water partition coefficient (Wildman–Crippen LogP) is 3.17. The number of benzene rings is 1. The van der Waals surface area contributed by atoms with Gasteiger partial charge in [0.15, 0.2) is 6.04 Å². The molecular formula is C16H23Cl2N2O+. The van der Waals surface area contributed by atoms with E-state index in [9.17, 15) is 4.79 Å². The number of likely N-dealkylation sites (tertiary alicyclic amines) is 1. The van der Waals surface area contributed by atoms with Crippen LogP contribution in [0.25, 0.3) is 0 Å². The average molecular weight is 330 g/mol. The molecule has 1 heterocycles. The van der Waals surface area contributed by atoms with Crippen molar-refractivity contribution in [2.45, 2.75) is 45.1 Å². The predicted molar refractivity (Wildman–Crippen MR) is 88.3 cm³/mol. The number of nitrogens with one attached hydrogen (secondary N) is 2. The van der Waals surface area contributed by atoms with Gasteiger partial charge >= 0.3 is 0 Å². The molecule has 0 spiro atoms. The van der Waals surface area contributed by atoms with Crippen molar-refractivity contribution in [1.29, 1.82) is 0 Å². The average Bonchev–Trinajstić information content (AvgIpc) is 2.41. The normalized spacial score (nSPS) is 18.6. The lowest BCUT2D eigenvalue weighted by Gasteiger charge is -2.27. The Labute approximate surface area is 136 Å². The number of halogens is 2. The van der Waals surface area contributed by atoms with Crippen LogP contribution in [-0.4, -0.2) is 25.0 Å². The number of rotatable bonds is 3. The van der Waals surface area contributed by atoms with E-state index in [1.807, 2.05) is 6.92 Å². The van der Waals surface area contributed by atoms with E-state index in [1.165, 1.54) is 37.0 Å². The lowest BCUT2D eigenvalue weighted by atomic mass is 10.1. The molecule has 0 radical (unpaired) electrons. The molecule has 3 nitrogen and oxygen atoms in total. The highest BCUT2D eigenvalue weighted by atomic mass is 35.5. The van der Waals surface area contributed by atoms with E-state index in [2.05, 4.69) is 5.32 Å². The summed E-state index contributed by atoms with van der Waals surface area (Å²) in [5, 5.41) is 3.97. The van der Waals surface area contributed by atoms with E-state index in [4.69, 9.17) is 23.2 Å². The third-order valence-electron chi connectivity index (χ3n) is 4.19. The van der Waals surface area contributed by atoms with E-state index < -0.39 is 0 Å². The van der Waals surface area contributed by atoms with E-state index in [0.29, 0.717) is 15.7 Å². The van der Waals surface area contributed by atoms with Gasteiger partial charge in [0.1, 0.15) is 0 Å². The molecule has 2 N–H and O–H groups in total. The maximum Gasteiger partial charge on any atom is 0.282 e. The summed E-state index contributed by atoms with van der Waals surface area (Å²) in [6.45, 7) is 4.14. The molecule has 116 valence electrons.